The summed E-state index contributed by atoms with van der Waals surface area (Å²) in [7, 11) is -5.53. The Labute approximate surface area is 259 Å². The Balaban J connectivity index is 1.92. The molecule has 3 rings (SSSR count). The largest absolute Gasteiger partial charge is 0.455 e. The summed E-state index contributed by atoms with van der Waals surface area (Å²) in [5.74, 6) is -3.06. The lowest BCUT2D eigenvalue weighted by Crippen LogP contribution is -2.42. The number of rotatable bonds is 8. The van der Waals surface area contributed by atoms with Crippen molar-refractivity contribution < 1.29 is 40.5 Å². The van der Waals surface area contributed by atoms with Crippen molar-refractivity contribution in [1.29, 1.82) is 0 Å². The summed E-state index contributed by atoms with van der Waals surface area (Å²) in [5.41, 5.74) is -1.51. The predicted octanol–water partition coefficient (Wildman–Crippen LogP) is 8.25. The van der Waals surface area contributed by atoms with Crippen LogP contribution in [0.3, 0.4) is 0 Å². The highest BCUT2D eigenvalue weighted by Crippen LogP contribution is 2.40. The van der Waals surface area contributed by atoms with E-state index in [0.29, 0.717) is 6.07 Å². The van der Waals surface area contributed by atoms with Crippen LogP contribution in [0.25, 0.3) is 0 Å². The molecule has 0 fully saturated rings. The van der Waals surface area contributed by atoms with Crippen molar-refractivity contribution in [3.8, 4) is 11.5 Å². The molecule has 8 nitrogen and oxygen atoms in total. The first kappa shape index (κ1) is 35.1. The van der Waals surface area contributed by atoms with Gasteiger partial charge in [-0.05, 0) is 67.5 Å². The lowest BCUT2D eigenvalue weighted by molar-refractivity contribution is -0.137. The zero-order chi connectivity index (χ0) is 33.3. The number of amides is 2. The predicted molar refractivity (Wildman–Crippen MR) is 163 cm³/mol. The molecule has 3 aromatic rings. The van der Waals surface area contributed by atoms with Crippen LogP contribution < -0.4 is 10.1 Å². The van der Waals surface area contributed by atoms with E-state index in [4.69, 9.17) is 20.8 Å². The van der Waals surface area contributed by atoms with Gasteiger partial charge in [0.25, 0.3) is 11.8 Å². The van der Waals surface area contributed by atoms with Crippen LogP contribution in [0, 0.1) is 12.9 Å². The number of pyridine rings is 1. The first-order chi connectivity index (χ1) is 20.1. The number of nitrogens with zero attached hydrogens (tertiary/aromatic N) is 2. The zero-order valence-electron chi connectivity index (χ0n) is 25.1. The molecule has 0 bridgehead atoms. The van der Waals surface area contributed by atoms with Crippen molar-refractivity contribution >= 4 is 47.1 Å². The lowest BCUT2D eigenvalue weighted by Gasteiger charge is -2.35. The average molecular weight is 674 g/mol. The van der Waals surface area contributed by atoms with E-state index in [-0.39, 0.29) is 39.2 Å². The van der Waals surface area contributed by atoms with Crippen molar-refractivity contribution in [2.75, 3.05) is 18.2 Å². The van der Waals surface area contributed by atoms with E-state index in [0.717, 1.165) is 18.2 Å². The fourth-order valence-corrected chi connectivity index (χ4v) is 5.93. The molecular weight excluding hydrogens is 642 g/mol. The van der Waals surface area contributed by atoms with Gasteiger partial charge in [-0.1, -0.05) is 38.4 Å². The number of benzene rings is 2. The summed E-state index contributed by atoms with van der Waals surface area (Å²) in [6, 6.07) is 9.15. The summed E-state index contributed by atoms with van der Waals surface area (Å²) in [5, 5.41) is 1.61. The van der Waals surface area contributed by atoms with Crippen LogP contribution in [0.15, 0.2) is 57.8 Å². The minimum atomic E-state index is -4.87. The maximum Gasteiger partial charge on any atom is 0.417 e. The first-order valence-electron chi connectivity index (χ1n) is 13.1. The van der Waals surface area contributed by atoms with Gasteiger partial charge in [-0.15, -0.1) is 0 Å². The maximum atomic E-state index is 13.6. The summed E-state index contributed by atoms with van der Waals surface area (Å²) in [4.78, 5) is 29.6. The molecule has 1 aromatic heterocycles. The number of alkyl halides is 3. The van der Waals surface area contributed by atoms with Crippen molar-refractivity contribution in [2.45, 2.75) is 56.9 Å². The molecule has 1 N–H and O–H groups in total. The van der Waals surface area contributed by atoms with Gasteiger partial charge in [-0.2, -0.15) is 21.9 Å². The minimum absolute atomic E-state index is 0.0262. The third-order valence-electron chi connectivity index (χ3n) is 7.01. The van der Waals surface area contributed by atoms with Crippen molar-refractivity contribution in [3.63, 3.8) is 0 Å². The molecule has 0 saturated carbocycles. The number of anilines is 1. The van der Waals surface area contributed by atoms with Gasteiger partial charge in [0.05, 0.1) is 31.6 Å². The van der Waals surface area contributed by atoms with Crippen LogP contribution in [0.1, 0.15) is 42.4 Å². The number of carbonyl (C=O) groups is 2. The fraction of sp³-hybridized carbons (Fsp3) is 0.345. The molecule has 0 aliphatic rings. The molecule has 0 spiro atoms. The third-order valence-corrected chi connectivity index (χ3v) is 13.5. The highest BCUT2D eigenvalue weighted by atomic mass is 35.5. The molecule has 0 unspecified atom stereocenters. The van der Waals surface area contributed by atoms with Gasteiger partial charge < -0.3 is 14.5 Å². The lowest BCUT2D eigenvalue weighted by atomic mass is 10.1. The standard InChI is InChI=1S/C29H32ClF4N3O5SSi/c1-17-23(11-12-25(31)35-17)42-24-15-21(29(32,33)34)22(30)14-20(24)27(39)36-18-9-8-10-19(13-18)43(5,40)37-26(38)16-41-44(6,7)28(2,3)4/h8-15H,16H2,1-7H3,(H,36,39)/t43-/m1/s1. The minimum Gasteiger partial charge on any atom is -0.455 e. The number of hydrogen-bond donors (Lipinski definition) is 1. The second-order valence-electron chi connectivity index (χ2n) is 11.5. The van der Waals surface area contributed by atoms with Crippen LogP contribution in [0.5, 0.6) is 11.5 Å². The summed E-state index contributed by atoms with van der Waals surface area (Å²) >= 11 is 5.89. The Morgan fingerprint density at radius 1 is 1.07 bits per heavy atom. The summed E-state index contributed by atoms with van der Waals surface area (Å²) in [6.45, 7) is 11.0. The number of halogens is 5. The van der Waals surface area contributed by atoms with Crippen molar-refractivity contribution in [3.05, 3.63) is 76.3 Å². The van der Waals surface area contributed by atoms with E-state index in [9.17, 15) is 31.4 Å². The highest BCUT2D eigenvalue weighted by Gasteiger charge is 2.38. The van der Waals surface area contributed by atoms with E-state index in [2.05, 4.69) is 14.7 Å². The van der Waals surface area contributed by atoms with E-state index in [1.54, 1.807) is 0 Å². The molecule has 2 aromatic carbocycles. The molecule has 238 valence electrons. The Morgan fingerprint density at radius 2 is 1.73 bits per heavy atom. The number of aromatic nitrogens is 1. The number of hydrogen-bond acceptors (Lipinski definition) is 6. The molecule has 0 aliphatic carbocycles. The van der Waals surface area contributed by atoms with Crippen LogP contribution in [-0.2, 0) is 25.1 Å². The third kappa shape index (κ3) is 8.64. The molecule has 44 heavy (non-hydrogen) atoms. The Bertz CT molecular complexity index is 1720. The van der Waals surface area contributed by atoms with Crippen molar-refractivity contribution in [1.82, 2.24) is 4.98 Å². The Morgan fingerprint density at radius 3 is 2.32 bits per heavy atom. The zero-order valence-corrected chi connectivity index (χ0v) is 27.6. The van der Waals surface area contributed by atoms with Gasteiger partial charge in [0.2, 0.25) is 5.95 Å². The SMILES string of the molecule is Cc1nc(F)ccc1Oc1cc(C(F)(F)F)c(Cl)cc1C(=O)Nc1cccc([S@@](C)(=O)=NC(=O)CO[Si](C)(C)C(C)(C)C)c1. The van der Waals surface area contributed by atoms with E-state index in [1.807, 2.05) is 33.9 Å². The summed E-state index contributed by atoms with van der Waals surface area (Å²) in [6.07, 6.45) is -3.61. The molecule has 0 aliphatic heterocycles. The van der Waals surface area contributed by atoms with Gasteiger partial charge >= 0.3 is 6.18 Å². The second kappa shape index (κ2) is 13.0. The van der Waals surface area contributed by atoms with Gasteiger partial charge in [0.15, 0.2) is 8.32 Å². The van der Waals surface area contributed by atoms with Gasteiger partial charge in [-0.3, -0.25) is 9.59 Å². The molecule has 15 heteroatoms. The normalized spacial score (nSPS) is 13.6. The van der Waals surface area contributed by atoms with E-state index >= 15 is 0 Å². The van der Waals surface area contributed by atoms with Crippen LogP contribution in [0.2, 0.25) is 23.2 Å². The summed E-state index contributed by atoms with van der Waals surface area (Å²) < 4.78 is 83.0. The van der Waals surface area contributed by atoms with Gasteiger partial charge in [0, 0.05) is 16.8 Å². The second-order valence-corrected chi connectivity index (χ2v) is 18.9. The molecule has 0 saturated heterocycles. The number of carbonyl (C=O) groups excluding carboxylic acids is 2. The quantitative estimate of drug-likeness (QED) is 0.147. The fourth-order valence-electron chi connectivity index (χ4n) is 3.52. The molecule has 1 atom stereocenters. The monoisotopic (exact) mass is 673 g/mol. The van der Waals surface area contributed by atoms with E-state index < -0.39 is 58.3 Å². The van der Waals surface area contributed by atoms with Gasteiger partial charge in [-0.25, -0.2) is 9.19 Å². The maximum absolute atomic E-state index is 13.6. The molecule has 1 heterocycles. The molecule has 0 radical (unpaired) electrons. The molecule has 2 amide bonds. The van der Waals surface area contributed by atoms with E-state index in [1.165, 1.54) is 37.4 Å². The number of aryl methyl sites for hydroxylation is 1. The highest BCUT2D eigenvalue weighted by molar-refractivity contribution is 7.93. The Hall–Kier alpha value is -3.33. The van der Waals surface area contributed by atoms with Crippen LogP contribution in [-0.4, -0.2) is 42.2 Å². The smallest absolute Gasteiger partial charge is 0.417 e. The topological polar surface area (TPSA) is 107 Å². The van der Waals surface area contributed by atoms with Crippen molar-refractivity contribution in [2.24, 2.45) is 4.36 Å². The number of nitrogens with one attached hydrogen (secondary N) is 1. The number of ether oxygens (including phenoxy) is 1. The molecular formula is C29H32ClF4N3O5SSi. The van der Waals surface area contributed by atoms with Crippen LogP contribution in [0.4, 0.5) is 23.2 Å². The van der Waals surface area contributed by atoms with Crippen LogP contribution >= 0.6 is 11.6 Å². The Kier molecular flexibility index (Phi) is 10.3. The van der Waals surface area contributed by atoms with Gasteiger partial charge in [0.1, 0.15) is 18.1 Å². The first-order valence-corrected chi connectivity index (χ1v) is 18.3. The average Bonchev–Trinajstić information content (AvgIpc) is 2.88.